The second kappa shape index (κ2) is 9.64. The molecule has 1 heterocycles. The predicted octanol–water partition coefficient (Wildman–Crippen LogP) is 0.947. The minimum Gasteiger partial charge on any atom is -0.385 e. The lowest BCUT2D eigenvalue weighted by molar-refractivity contribution is -0.384. The van der Waals surface area contributed by atoms with Crippen molar-refractivity contribution in [2.75, 3.05) is 32.7 Å². The van der Waals surface area contributed by atoms with Gasteiger partial charge in [-0.15, -0.1) is 11.3 Å². The smallest absolute Gasteiger partial charge is 0.293 e. The van der Waals surface area contributed by atoms with Crippen molar-refractivity contribution >= 4 is 34.4 Å². The molecule has 0 radical (unpaired) electrons. The van der Waals surface area contributed by atoms with E-state index in [1.54, 1.807) is 38.2 Å². The summed E-state index contributed by atoms with van der Waals surface area (Å²) in [7, 11) is 4.96. The second-order valence-electron chi connectivity index (χ2n) is 6.22. The number of methoxy groups -OCH3 is 1. The van der Waals surface area contributed by atoms with Crippen LogP contribution in [0.15, 0.2) is 23.0 Å². The van der Waals surface area contributed by atoms with Gasteiger partial charge in [-0.3, -0.25) is 19.5 Å². The summed E-state index contributed by atoms with van der Waals surface area (Å²) in [5, 5.41) is 29.8. The molecule has 0 unspecified atom stereocenters. The standard InChI is InChI=1S/C19H19N5O4S/c1-22(2)15-6-5-13(9-16(15)24(26)27)10-17-18(25)23(7-4-8-28-3)19(29-17)14(11-20)12-21/h5-6,9-10H,4,7-8H2,1-3H3/b17-10-. The zero-order valence-electron chi connectivity index (χ0n) is 16.2. The molecule has 0 spiro atoms. The minimum atomic E-state index is -0.479. The highest BCUT2D eigenvalue weighted by Crippen LogP contribution is 2.27. The zero-order valence-corrected chi connectivity index (χ0v) is 17.0. The van der Waals surface area contributed by atoms with Crippen molar-refractivity contribution < 1.29 is 9.66 Å². The van der Waals surface area contributed by atoms with Crippen molar-refractivity contribution in [3.63, 3.8) is 0 Å². The van der Waals surface area contributed by atoms with Crippen molar-refractivity contribution in [1.82, 2.24) is 4.57 Å². The van der Waals surface area contributed by atoms with E-state index in [4.69, 9.17) is 4.74 Å². The maximum atomic E-state index is 12.8. The summed E-state index contributed by atoms with van der Waals surface area (Å²) < 4.78 is 6.93. The normalized spacial score (nSPS) is 11.0. The van der Waals surface area contributed by atoms with Gasteiger partial charge in [0.2, 0.25) is 0 Å². The molecule has 0 aliphatic heterocycles. The third-order valence-electron chi connectivity index (χ3n) is 4.05. The van der Waals surface area contributed by atoms with Gasteiger partial charge in [-0.25, -0.2) is 0 Å². The molecule has 1 aromatic carbocycles. The highest BCUT2D eigenvalue weighted by molar-refractivity contribution is 7.07. The molecule has 0 aliphatic rings. The molecule has 10 heteroatoms. The first-order chi connectivity index (χ1) is 13.8. The van der Waals surface area contributed by atoms with E-state index in [-0.39, 0.29) is 26.0 Å². The topological polar surface area (TPSA) is 125 Å². The fourth-order valence-corrected chi connectivity index (χ4v) is 3.78. The maximum Gasteiger partial charge on any atom is 0.293 e. The largest absolute Gasteiger partial charge is 0.385 e. The molecule has 0 atom stereocenters. The van der Waals surface area contributed by atoms with Gasteiger partial charge in [0.15, 0.2) is 5.57 Å². The van der Waals surface area contributed by atoms with Crippen molar-refractivity contribution in [1.29, 1.82) is 10.5 Å². The molecular weight excluding hydrogens is 394 g/mol. The van der Waals surface area contributed by atoms with E-state index in [1.807, 2.05) is 12.1 Å². The first-order valence-electron chi connectivity index (χ1n) is 8.54. The van der Waals surface area contributed by atoms with Crippen LogP contribution in [-0.2, 0) is 11.3 Å². The average Bonchev–Trinajstić information content (AvgIpc) is 2.98. The number of anilines is 1. The molecule has 0 fully saturated rings. The average molecular weight is 413 g/mol. The van der Waals surface area contributed by atoms with E-state index in [9.17, 15) is 25.4 Å². The van der Waals surface area contributed by atoms with Gasteiger partial charge in [-0.1, -0.05) is 6.07 Å². The van der Waals surface area contributed by atoms with E-state index in [0.29, 0.717) is 30.8 Å². The molecule has 9 nitrogen and oxygen atoms in total. The number of nitrogens with zero attached hydrogens (tertiary/aromatic N) is 5. The molecule has 0 amide bonds. The second-order valence-corrected chi connectivity index (χ2v) is 7.25. The summed E-state index contributed by atoms with van der Waals surface area (Å²) in [6, 6.07) is 8.30. The molecule has 150 valence electrons. The van der Waals surface area contributed by atoms with Crippen molar-refractivity contribution in [2.45, 2.75) is 13.0 Å². The van der Waals surface area contributed by atoms with Crippen LogP contribution in [0.25, 0.3) is 11.6 Å². The molecular formula is C19H19N5O4S. The maximum absolute atomic E-state index is 12.8. The lowest BCUT2D eigenvalue weighted by atomic mass is 10.1. The number of thiazole rings is 1. The Morgan fingerprint density at radius 3 is 2.62 bits per heavy atom. The van der Waals surface area contributed by atoms with Crippen LogP contribution in [0.2, 0.25) is 0 Å². The number of hydrogen-bond acceptors (Lipinski definition) is 8. The Hall–Kier alpha value is -3.47. The number of nitro groups is 1. The van der Waals surface area contributed by atoms with Gasteiger partial charge in [-0.05, 0) is 24.1 Å². The summed E-state index contributed by atoms with van der Waals surface area (Å²) in [6.07, 6.45) is 2.06. The van der Waals surface area contributed by atoms with Crippen molar-refractivity contribution in [2.24, 2.45) is 0 Å². The lowest BCUT2D eigenvalue weighted by Gasteiger charge is -2.12. The Morgan fingerprint density at radius 1 is 1.38 bits per heavy atom. The lowest BCUT2D eigenvalue weighted by Crippen LogP contribution is -2.32. The zero-order chi connectivity index (χ0) is 21.6. The first kappa shape index (κ1) is 21.8. The number of rotatable bonds is 7. The van der Waals surface area contributed by atoms with E-state index in [1.165, 1.54) is 16.7 Å². The summed E-state index contributed by atoms with van der Waals surface area (Å²) in [5.74, 6) is 0. The third kappa shape index (κ3) is 4.88. The molecule has 2 aromatic rings. The van der Waals surface area contributed by atoms with Crippen LogP contribution < -0.4 is 19.7 Å². The summed E-state index contributed by atoms with van der Waals surface area (Å²) >= 11 is 1.01. The third-order valence-corrected chi connectivity index (χ3v) is 5.18. The Labute approximate surface area is 170 Å². The van der Waals surface area contributed by atoms with Gasteiger partial charge in [0.1, 0.15) is 22.5 Å². The highest BCUT2D eigenvalue weighted by Gasteiger charge is 2.16. The highest BCUT2D eigenvalue weighted by atomic mass is 32.1. The number of benzene rings is 1. The molecule has 2 rings (SSSR count). The predicted molar refractivity (Wildman–Crippen MR) is 110 cm³/mol. The van der Waals surface area contributed by atoms with Crippen molar-refractivity contribution in [3.05, 3.63) is 53.4 Å². The number of aromatic nitrogens is 1. The Kier molecular flexibility index (Phi) is 7.26. The van der Waals surface area contributed by atoms with Crippen LogP contribution in [0.3, 0.4) is 0 Å². The molecule has 0 saturated carbocycles. The Morgan fingerprint density at radius 2 is 2.07 bits per heavy atom. The van der Waals surface area contributed by atoms with Gasteiger partial charge in [0.25, 0.3) is 11.2 Å². The Bertz CT molecular complexity index is 1170. The van der Waals surface area contributed by atoms with Crippen LogP contribution in [-0.4, -0.2) is 37.3 Å². The SMILES string of the molecule is COCCCn1c(=C(C#N)C#N)s/c(=C\c2ccc(N(C)C)c([N+](=O)[O-])c2)c1=O. The van der Waals surface area contributed by atoms with Gasteiger partial charge in [0.05, 0.1) is 9.46 Å². The molecule has 1 aromatic heterocycles. The first-order valence-corrected chi connectivity index (χ1v) is 9.36. The van der Waals surface area contributed by atoms with Gasteiger partial charge < -0.3 is 9.64 Å². The van der Waals surface area contributed by atoms with Gasteiger partial charge in [-0.2, -0.15) is 10.5 Å². The van der Waals surface area contributed by atoms with Crippen LogP contribution in [0.5, 0.6) is 0 Å². The van der Waals surface area contributed by atoms with Gasteiger partial charge in [0, 0.05) is 40.4 Å². The van der Waals surface area contributed by atoms with Gasteiger partial charge >= 0.3 is 0 Å². The van der Waals surface area contributed by atoms with E-state index in [0.717, 1.165) is 11.3 Å². The van der Waals surface area contributed by atoms with E-state index >= 15 is 0 Å². The Balaban J connectivity index is 2.70. The summed E-state index contributed by atoms with van der Waals surface area (Å²) in [6.45, 7) is 0.715. The number of nitro benzene ring substituents is 1. The number of hydrogen-bond donors (Lipinski definition) is 0. The van der Waals surface area contributed by atoms with E-state index < -0.39 is 4.92 Å². The fraction of sp³-hybridized carbons (Fsp3) is 0.316. The fourth-order valence-electron chi connectivity index (χ4n) is 2.70. The van der Waals surface area contributed by atoms with Crippen molar-refractivity contribution in [3.8, 4) is 12.1 Å². The van der Waals surface area contributed by atoms with E-state index in [2.05, 4.69) is 0 Å². The van der Waals surface area contributed by atoms with Crippen LogP contribution in [0.4, 0.5) is 11.4 Å². The monoisotopic (exact) mass is 413 g/mol. The molecule has 0 aliphatic carbocycles. The van der Waals surface area contributed by atoms with Crippen LogP contribution in [0.1, 0.15) is 12.0 Å². The molecule has 0 N–H and O–H groups in total. The molecule has 0 bridgehead atoms. The summed E-state index contributed by atoms with van der Waals surface area (Å²) in [4.78, 5) is 25.4. The van der Waals surface area contributed by atoms with Crippen LogP contribution >= 0.6 is 11.3 Å². The summed E-state index contributed by atoms with van der Waals surface area (Å²) in [5.41, 5.74) is 0.330. The molecule has 29 heavy (non-hydrogen) atoms. The number of nitriles is 2. The molecule has 0 saturated heterocycles. The quantitative estimate of drug-likeness (QED) is 0.376. The number of ether oxygens (including phenoxy) is 1. The van der Waals surface area contributed by atoms with Crippen LogP contribution in [0, 0.1) is 32.8 Å². The minimum absolute atomic E-state index is 0.0812.